The second kappa shape index (κ2) is 5.97. The fourth-order valence-electron chi connectivity index (χ4n) is 1.59. The molecule has 1 amide bonds. The van der Waals surface area contributed by atoms with Gasteiger partial charge < -0.3 is 9.64 Å². The van der Waals surface area contributed by atoms with Crippen LogP contribution >= 0.6 is 0 Å². The number of carbonyl (C=O) groups excluding carboxylic acids is 1. The molecule has 3 heteroatoms. The first-order valence-electron chi connectivity index (χ1n) is 4.95. The van der Waals surface area contributed by atoms with Gasteiger partial charge in [-0.25, -0.2) is 0 Å². The van der Waals surface area contributed by atoms with Gasteiger partial charge in [0.15, 0.2) is 0 Å². The Morgan fingerprint density at radius 3 is 2.23 bits per heavy atom. The second-order valence-corrected chi connectivity index (χ2v) is 3.11. The smallest absolute Gasteiger partial charge is 0.219 e. The van der Waals surface area contributed by atoms with E-state index in [4.69, 9.17) is 4.74 Å². The highest BCUT2D eigenvalue weighted by molar-refractivity contribution is 5.73. The number of hydrogen-bond acceptors (Lipinski definition) is 2. The lowest BCUT2D eigenvalue weighted by molar-refractivity contribution is -0.129. The summed E-state index contributed by atoms with van der Waals surface area (Å²) in [5.41, 5.74) is 0. The molecule has 0 spiro atoms. The van der Waals surface area contributed by atoms with Gasteiger partial charge in [0, 0.05) is 26.6 Å². The topological polar surface area (TPSA) is 29.5 Å². The summed E-state index contributed by atoms with van der Waals surface area (Å²) in [5, 5.41) is 0. The molecule has 1 aliphatic heterocycles. The van der Waals surface area contributed by atoms with E-state index in [1.165, 1.54) is 0 Å². The molecule has 0 aliphatic carbocycles. The van der Waals surface area contributed by atoms with Crippen LogP contribution in [0, 0.1) is 0 Å². The number of nitrogens with zero attached hydrogens (tertiary/aromatic N) is 1. The molecular weight excluding hydrogens is 166 g/mol. The van der Waals surface area contributed by atoms with E-state index in [0.29, 0.717) is 6.04 Å². The first kappa shape index (κ1) is 12.4. The van der Waals surface area contributed by atoms with Gasteiger partial charge in [-0.05, 0) is 13.3 Å². The lowest BCUT2D eigenvalue weighted by atomic mass is 10.2. The standard InChI is InChI=1S/C8H15NO2.C2H6/c1-6-4-8(11-3)5-9(6)7(2)10;1-2/h6,8H,4-5H2,1-3H3;1-2H3/t6?,8-;/m1./s1. The fourth-order valence-corrected chi connectivity index (χ4v) is 1.59. The van der Waals surface area contributed by atoms with E-state index in [1.807, 2.05) is 18.7 Å². The largest absolute Gasteiger partial charge is 0.380 e. The monoisotopic (exact) mass is 187 g/mol. The number of ether oxygens (including phenoxy) is 1. The van der Waals surface area contributed by atoms with Crippen LogP contribution in [-0.4, -0.2) is 36.6 Å². The van der Waals surface area contributed by atoms with Crippen LogP contribution in [0.2, 0.25) is 0 Å². The molecule has 1 heterocycles. The van der Waals surface area contributed by atoms with Gasteiger partial charge >= 0.3 is 0 Å². The third-order valence-corrected chi connectivity index (χ3v) is 2.27. The second-order valence-electron chi connectivity index (χ2n) is 3.11. The maximum Gasteiger partial charge on any atom is 0.219 e. The molecule has 1 fully saturated rings. The molecule has 0 aromatic heterocycles. The average molecular weight is 187 g/mol. The highest BCUT2D eigenvalue weighted by Crippen LogP contribution is 2.18. The predicted octanol–water partition coefficient (Wildman–Crippen LogP) is 1.67. The van der Waals surface area contributed by atoms with Crippen LogP contribution in [0.4, 0.5) is 0 Å². The van der Waals surface area contributed by atoms with Crippen LogP contribution in [0.5, 0.6) is 0 Å². The van der Waals surface area contributed by atoms with Crippen molar-refractivity contribution in [3.8, 4) is 0 Å². The minimum Gasteiger partial charge on any atom is -0.380 e. The summed E-state index contributed by atoms with van der Waals surface area (Å²) in [6.45, 7) is 8.42. The van der Waals surface area contributed by atoms with Crippen LogP contribution in [0.15, 0.2) is 0 Å². The van der Waals surface area contributed by atoms with Gasteiger partial charge in [-0.2, -0.15) is 0 Å². The molecule has 0 aromatic carbocycles. The molecule has 0 radical (unpaired) electrons. The van der Waals surface area contributed by atoms with Crippen molar-refractivity contribution in [2.45, 2.75) is 46.3 Å². The summed E-state index contributed by atoms with van der Waals surface area (Å²) in [5.74, 6) is 0.150. The number of rotatable bonds is 1. The molecule has 13 heavy (non-hydrogen) atoms. The normalized spacial score (nSPS) is 26.7. The van der Waals surface area contributed by atoms with Crippen molar-refractivity contribution in [2.75, 3.05) is 13.7 Å². The van der Waals surface area contributed by atoms with Crippen LogP contribution in [0.3, 0.4) is 0 Å². The van der Waals surface area contributed by atoms with E-state index in [9.17, 15) is 4.79 Å². The molecule has 1 saturated heterocycles. The van der Waals surface area contributed by atoms with Gasteiger partial charge in [-0.1, -0.05) is 13.8 Å². The quantitative estimate of drug-likeness (QED) is 0.625. The Kier molecular flexibility index (Phi) is 5.71. The van der Waals surface area contributed by atoms with Gasteiger partial charge in [-0.3, -0.25) is 4.79 Å². The highest BCUT2D eigenvalue weighted by atomic mass is 16.5. The Balaban J connectivity index is 0.000000671. The van der Waals surface area contributed by atoms with Gasteiger partial charge in [0.25, 0.3) is 0 Å². The van der Waals surface area contributed by atoms with E-state index in [2.05, 4.69) is 6.92 Å². The third kappa shape index (κ3) is 3.35. The van der Waals surface area contributed by atoms with E-state index in [1.54, 1.807) is 14.0 Å². The van der Waals surface area contributed by atoms with Gasteiger partial charge in [0.1, 0.15) is 0 Å². The highest BCUT2D eigenvalue weighted by Gasteiger charge is 2.30. The number of methoxy groups -OCH3 is 1. The Bertz CT molecular complexity index is 159. The van der Waals surface area contributed by atoms with E-state index in [-0.39, 0.29) is 12.0 Å². The number of amides is 1. The molecule has 0 aromatic rings. The third-order valence-electron chi connectivity index (χ3n) is 2.27. The first-order chi connectivity index (χ1) is 6.15. The summed E-state index contributed by atoms with van der Waals surface area (Å²) >= 11 is 0. The van der Waals surface area contributed by atoms with Gasteiger partial charge in [0.05, 0.1) is 6.10 Å². The van der Waals surface area contributed by atoms with Gasteiger partial charge in [-0.15, -0.1) is 0 Å². The molecule has 0 N–H and O–H groups in total. The van der Waals surface area contributed by atoms with Crippen molar-refractivity contribution in [3.05, 3.63) is 0 Å². The summed E-state index contributed by atoms with van der Waals surface area (Å²) in [6.07, 6.45) is 1.21. The van der Waals surface area contributed by atoms with Gasteiger partial charge in [0.2, 0.25) is 5.91 Å². The van der Waals surface area contributed by atoms with Crippen molar-refractivity contribution in [3.63, 3.8) is 0 Å². The van der Waals surface area contributed by atoms with Crippen molar-refractivity contribution in [1.82, 2.24) is 4.90 Å². The zero-order valence-corrected chi connectivity index (χ0v) is 9.33. The molecule has 78 valence electrons. The zero-order chi connectivity index (χ0) is 10.4. The van der Waals surface area contributed by atoms with E-state index in [0.717, 1.165) is 13.0 Å². The maximum atomic E-state index is 11.0. The van der Waals surface area contributed by atoms with Crippen molar-refractivity contribution in [1.29, 1.82) is 0 Å². The summed E-state index contributed by atoms with van der Waals surface area (Å²) < 4.78 is 5.17. The van der Waals surface area contributed by atoms with Crippen LogP contribution in [0.1, 0.15) is 34.1 Å². The van der Waals surface area contributed by atoms with Crippen LogP contribution in [-0.2, 0) is 9.53 Å². The number of hydrogen-bond donors (Lipinski definition) is 0. The Labute approximate surface area is 81.1 Å². The maximum absolute atomic E-state index is 11.0. The lowest BCUT2D eigenvalue weighted by Crippen LogP contribution is -2.32. The fraction of sp³-hybridized carbons (Fsp3) is 0.900. The van der Waals surface area contributed by atoms with Crippen LogP contribution < -0.4 is 0 Å². The summed E-state index contributed by atoms with van der Waals surface area (Å²) in [4.78, 5) is 12.8. The molecular formula is C10H21NO2. The van der Waals surface area contributed by atoms with Crippen molar-refractivity contribution >= 4 is 5.91 Å². The number of carbonyl (C=O) groups is 1. The number of likely N-dealkylation sites (tertiary alicyclic amines) is 1. The summed E-state index contributed by atoms with van der Waals surface area (Å²) in [6, 6.07) is 0.345. The Morgan fingerprint density at radius 1 is 1.46 bits per heavy atom. The Morgan fingerprint density at radius 2 is 2.00 bits per heavy atom. The van der Waals surface area contributed by atoms with Crippen molar-refractivity contribution < 1.29 is 9.53 Å². The SMILES string of the molecule is CC.CO[C@@H]1CC(C)N(C(C)=O)C1. The first-order valence-corrected chi connectivity index (χ1v) is 4.95. The molecule has 2 atom stereocenters. The minimum absolute atomic E-state index is 0.150. The van der Waals surface area contributed by atoms with Crippen molar-refractivity contribution in [2.24, 2.45) is 0 Å². The summed E-state index contributed by atoms with van der Waals surface area (Å²) in [7, 11) is 1.70. The molecule has 0 saturated carbocycles. The minimum atomic E-state index is 0.150. The van der Waals surface area contributed by atoms with Crippen LogP contribution in [0.25, 0.3) is 0 Å². The lowest BCUT2D eigenvalue weighted by Gasteiger charge is -2.18. The Hall–Kier alpha value is -0.570. The average Bonchev–Trinajstić information content (AvgIpc) is 2.50. The predicted molar refractivity (Wildman–Crippen MR) is 53.6 cm³/mol. The zero-order valence-electron chi connectivity index (χ0n) is 9.33. The molecule has 1 aliphatic rings. The van der Waals surface area contributed by atoms with E-state index < -0.39 is 0 Å². The molecule has 3 nitrogen and oxygen atoms in total. The molecule has 0 bridgehead atoms. The molecule has 1 unspecified atom stereocenters. The molecule has 1 rings (SSSR count). The van der Waals surface area contributed by atoms with E-state index >= 15 is 0 Å².